The Labute approximate surface area is 115 Å². The summed E-state index contributed by atoms with van der Waals surface area (Å²) in [5.41, 5.74) is 0.928. The summed E-state index contributed by atoms with van der Waals surface area (Å²) in [5, 5.41) is 5.47. The average molecular weight is 281 g/mol. The van der Waals surface area contributed by atoms with Gasteiger partial charge >= 0.3 is 0 Å². The van der Waals surface area contributed by atoms with Crippen LogP contribution in [0.5, 0.6) is 0 Å². The topological polar surface area (TPSA) is 50.7 Å². The van der Waals surface area contributed by atoms with Gasteiger partial charge in [-0.1, -0.05) is 11.6 Å². The van der Waals surface area contributed by atoms with E-state index in [1.165, 1.54) is 11.8 Å². The molecule has 0 unspecified atom stereocenters. The van der Waals surface area contributed by atoms with Crippen LogP contribution >= 0.6 is 23.4 Å². The first-order valence-electron chi connectivity index (χ1n) is 5.56. The van der Waals surface area contributed by atoms with E-state index >= 15 is 0 Å². The molecule has 2 aromatic rings. The minimum absolute atomic E-state index is 0.631. The van der Waals surface area contributed by atoms with E-state index < -0.39 is 0 Å². The molecule has 0 spiro atoms. The highest BCUT2D eigenvalue weighted by molar-refractivity contribution is 7.99. The Morgan fingerprint density at radius 3 is 2.78 bits per heavy atom. The lowest BCUT2D eigenvalue weighted by Gasteiger charge is -2.05. The molecule has 0 aromatic carbocycles. The van der Waals surface area contributed by atoms with E-state index in [0.29, 0.717) is 11.0 Å². The Balaban J connectivity index is 2.20. The number of rotatable bonds is 4. The lowest BCUT2D eigenvalue weighted by Crippen LogP contribution is -2.03. The molecule has 0 saturated heterocycles. The lowest BCUT2D eigenvalue weighted by molar-refractivity contribution is 0.981. The summed E-state index contributed by atoms with van der Waals surface area (Å²) in [5.74, 6) is 0.647. The minimum Gasteiger partial charge on any atom is -0.354 e. The molecule has 0 aliphatic heterocycles. The van der Waals surface area contributed by atoms with E-state index in [1.54, 1.807) is 6.20 Å². The van der Waals surface area contributed by atoms with Crippen LogP contribution in [0.1, 0.15) is 12.6 Å². The Morgan fingerprint density at radius 1 is 1.28 bits per heavy atom. The van der Waals surface area contributed by atoms with Gasteiger partial charge in [0.1, 0.15) is 10.1 Å². The van der Waals surface area contributed by atoms with Crippen molar-refractivity contribution in [2.24, 2.45) is 0 Å². The van der Waals surface area contributed by atoms with Crippen LogP contribution in [-0.2, 0) is 0 Å². The van der Waals surface area contributed by atoms with Crippen LogP contribution in [0.25, 0.3) is 0 Å². The van der Waals surface area contributed by atoms with Gasteiger partial charge in [-0.05, 0) is 43.8 Å². The van der Waals surface area contributed by atoms with Gasteiger partial charge in [-0.15, -0.1) is 0 Å². The largest absolute Gasteiger partial charge is 0.354 e. The number of nitrogens with one attached hydrogen (secondary N) is 1. The van der Waals surface area contributed by atoms with Gasteiger partial charge in [-0.25, -0.2) is 15.0 Å². The summed E-state index contributed by atoms with van der Waals surface area (Å²) < 4.78 is 0. The van der Waals surface area contributed by atoms with Crippen molar-refractivity contribution in [3.05, 3.63) is 35.1 Å². The van der Waals surface area contributed by atoms with Gasteiger partial charge in [0.2, 0.25) is 5.95 Å². The Hall–Kier alpha value is -1.33. The van der Waals surface area contributed by atoms with Crippen LogP contribution in [0.4, 0.5) is 5.95 Å². The second-order valence-electron chi connectivity index (χ2n) is 3.62. The Morgan fingerprint density at radius 2 is 2.11 bits per heavy atom. The highest BCUT2D eigenvalue weighted by Gasteiger charge is 2.04. The predicted octanol–water partition coefficient (Wildman–Crippen LogP) is 3.42. The first-order chi connectivity index (χ1) is 8.67. The zero-order chi connectivity index (χ0) is 13.0. The molecule has 2 rings (SSSR count). The van der Waals surface area contributed by atoms with E-state index in [0.717, 1.165) is 22.3 Å². The first kappa shape index (κ1) is 13.1. The van der Waals surface area contributed by atoms with Crippen LogP contribution in [-0.4, -0.2) is 21.5 Å². The average Bonchev–Trinajstić information content (AvgIpc) is 2.32. The van der Waals surface area contributed by atoms with Crippen LogP contribution in [0.3, 0.4) is 0 Å². The standard InChI is InChI=1S/C12H13ClN4S/c1-3-14-12-16-8(2)6-11(17-12)18-10-5-4-9(13)7-15-10/h4-7H,3H2,1-2H3,(H,14,16,17). The molecule has 0 amide bonds. The van der Waals surface area contributed by atoms with Crippen molar-refractivity contribution >= 4 is 29.3 Å². The smallest absolute Gasteiger partial charge is 0.223 e. The number of aromatic nitrogens is 3. The van der Waals surface area contributed by atoms with E-state index in [-0.39, 0.29) is 0 Å². The predicted molar refractivity (Wildman–Crippen MR) is 74.3 cm³/mol. The fourth-order valence-corrected chi connectivity index (χ4v) is 2.29. The molecule has 0 atom stereocenters. The fraction of sp³-hybridized carbons (Fsp3) is 0.250. The third kappa shape index (κ3) is 3.58. The quantitative estimate of drug-likeness (QED) is 0.870. The molecule has 2 aromatic heterocycles. The SMILES string of the molecule is CCNc1nc(C)cc(Sc2ccc(Cl)cn2)n1. The number of aryl methyl sites for hydroxylation is 1. The summed E-state index contributed by atoms with van der Waals surface area (Å²) in [7, 11) is 0. The molecule has 0 radical (unpaired) electrons. The molecule has 0 saturated carbocycles. The second kappa shape index (κ2) is 6.02. The molecule has 2 heterocycles. The van der Waals surface area contributed by atoms with E-state index in [2.05, 4.69) is 20.3 Å². The maximum Gasteiger partial charge on any atom is 0.223 e. The molecule has 0 aliphatic rings. The van der Waals surface area contributed by atoms with Crippen LogP contribution in [0.2, 0.25) is 5.02 Å². The van der Waals surface area contributed by atoms with E-state index in [4.69, 9.17) is 11.6 Å². The molecule has 18 heavy (non-hydrogen) atoms. The summed E-state index contributed by atoms with van der Waals surface area (Å²) >= 11 is 7.29. The van der Waals surface area contributed by atoms with Crippen molar-refractivity contribution in [1.29, 1.82) is 0 Å². The van der Waals surface area contributed by atoms with Crippen molar-refractivity contribution in [2.45, 2.75) is 23.9 Å². The van der Waals surface area contributed by atoms with E-state index in [1.807, 2.05) is 32.0 Å². The second-order valence-corrected chi connectivity index (χ2v) is 5.10. The molecule has 0 aliphatic carbocycles. The number of pyridine rings is 1. The number of nitrogens with zero attached hydrogens (tertiary/aromatic N) is 3. The van der Waals surface area contributed by atoms with Crippen molar-refractivity contribution in [3.63, 3.8) is 0 Å². The summed E-state index contributed by atoms with van der Waals surface area (Å²) in [4.78, 5) is 12.9. The molecule has 1 N–H and O–H groups in total. The summed E-state index contributed by atoms with van der Waals surface area (Å²) in [6.07, 6.45) is 1.63. The van der Waals surface area contributed by atoms with Gasteiger partial charge in [0, 0.05) is 18.4 Å². The first-order valence-corrected chi connectivity index (χ1v) is 6.76. The number of halogens is 1. The third-order valence-electron chi connectivity index (χ3n) is 2.07. The number of hydrogen-bond donors (Lipinski definition) is 1. The zero-order valence-electron chi connectivity index (χ0n) is 10.1. The Kier molecular flexibility index (Phi) is 4.38. The van der Waals surface area contributed by atoms with Gasteiger partial charge in [-0.2, -0.15) is 0 Å². The van der Waals surface area contributed by atoms with Crippen LogP contribution < -0.4 is 5.32 Å². The minimum atomic E-state index is 0.631. The highest BCUT2D eigenvalue weighted by Crippen LogP contribution is 2.26. The highest BCUT2D eigenvalue weighted by atomic mass is 35.5. The monoisotopic (exact) mass is 280 g/mol. The van der Waals surface area contributed by atoms with E-state index in [9.17, 15) is 0 Å². The van der Waals surface area contributed by atoms with Gasteiger partial charge in [-0.3, -0.25) is 0 Å². The van der Waals surface area contributed by atoms with Crippen LogP contribution in [0, 0.1) is 6.92 Å². The number of hydrogen-bond acceptors (Lipinski definition) is 5. The van der Waals surface area contributed by atoms with Crippen molar-refractivity contribution in [1.82, 2.24) is 15.0 Å². The van der Waals surface area contributed by atoms with Gasteiger partial charge in [0.05, 0.1) is 5.02 Å². The van der Waals surface area contributed by atoms with Gasteiger partial charge in [0.15, 0.2) is 0 Å². The summed E-state index contributed by atoms with van der Waals surface area (Å²) in [6.45, 7) is 4.76. The van der Waals surface area contributed by atoms with Crippen molar-refractivity contribution in [2.75, 3.05) is 11.9 Å². The van der Waals surface area contributed by atoms with Crippen LogP contribution in [0.15, 0.2) is 34.4 Å². The fourth-order valence-electron chi connectivity index (χ4n) is 1.36. The molecule has 4 nitrogen and oxygen atoms in total. The molecule has 94 valence electrons. The third-order valence-corrected chi connectivity index (χ3v) is 3.17. The summed E-state index contributed by atoms with van der Waals surface area (Å²) in [6, 6.07) is 5.62. The molecular formula is C12H13ClN4S. The zero-order valence-corrected chi connectivity index (χ0v) is 11.7. The normalized spacial score (nSPS) is 10.4. The van der Waals surface area contributed by atoms with Crippen molar-refractivity contribution < 1.29 is 0 Å². The van der Waals surface area contributed by atoms with Gasteiger partial charge < -0.3 is 5.32 Å². The lowest BCUT2D eigenvalue weighted by atomic mass is 10.5. The van der Waals surface area contributed by atoms with Crippen molar-refractivity contribution in [3.8, 4) is 0 Å². The molecular weight excluding hydrogens is 268 g/mol. The molecule has 0 bridgehead atoms. The maximum absolute atomic E-state index is 5.80. The van der Waals surface area contributed by atoms with Gasteiger partial charge in [0.25, 0.3) is 0 Å². The maximum atomic E-state index is 5.80. The molecule has 0 fully saturated rings. The number of anilines is 1. The Bertz CT molecular complexity index is 530. The molecule has 6 heteroatoms.